The number of hydrogen-bond donors (Lipinski definition) is 2. The molecule has 3 rings (SSSR count). The van der Waals surface area contributed by atoms with Gasteiger partial charge >= 0.3 is 0 Å². The zero-order valence-electron chi connectivity index (χ0n) is 11.8. The number of carbonyl (C=O) groups is 1. The normalized spacial score (nSPS) is 17.5. The number of halogens is 1. The van der Waals surface area contributed by atoms with Crippen LogP contribution in [0.4, 0.5) is 5.69 Å². The molecule has 0 aliphatic carbocycles. The molecule has 1 aliphatic rings. The third-order valence-corrected chi connectivity index (χ3v) is 3.71. The summed E-state index contributed by atoms with van der Waals surface area (Å²) in [4.78, 5) is 15.2. The zero-order chi connectivity index (χ0) is 15.7. The third kappa shape index (κ3) is 2.68. The van der Waals surface area contributed by atoms with E-state index in [4.69, 9.17) is 11.6 Å². The van der Waals surface area contributed by atoms with Crippen molar-refractivity contribution in [2.75, 3.05) is 5.32 Å². The number of anilines is 1. The van der Waals surface area contributed by atoms with E-state index in [-0.39, 0.29) is 11.1 Å². The SMILES string of the molecule is CC(=O)Nc1ccc2c(C3C=NC=C(Cl)N3O)cccc2c1. The van der Waals surface area contributed by atoms with Crippen LogP contribution in [-0.4, -0.2) is 22.4 Å². The van der Waals surface area contributed by atoms with Crippen LogP contribution in [0.5, 0.6) is 0 Å². The molecule has 0 saturated carbocycles. The Hall–Kier alpha value is -2.37. The molecule has 2 N–H and O–H groups in total. The molecule has 112 valence electrons. The molecule has 0 aromatic heterocycles. The number of amides is 1. The maximum atomic E-state index is 11.2. The molecule has 5 nitrogen and oxygen atoms in total. The largest absolute Gasteiger partial charge is 0.326 e. The van der Waals surface area contributed by atoms with E-state index in [0.29, 0.717) is 0 Å². The van der Waals surface area contributed by atoms with Gasteiger partial charge in [0.1, 0.15) is 11.2 Å². The Morgan fingerprint density at radius 3 is 2.95 bits per heavy atom. The molecule has 0 radical (unpaired) electrons. The highest BCUT2D eigenvalue weighted by atomic mass is 35.5. The fraction of sp³-hybridized carbons (Fsp3) is 0.125. The van der Waals surface area contributed by atoms with Crippen molar-refractivity contribution in [2.45, 2.75) is 13.0 Å². The monoisotopic (exact) mass is 315 g/mol. The lowest BCUT2D eigenvalue weighted by Gasteiger charge is -2.27. The summed E-state index contributed by atoms with van der Waals surface area (Å²) in [7, 11) is 0. The van der Waals surface area contributed by atoms with Crippen LogP contribution in [-0.2, 0) is 4.79 Å². The molecule has 1 atom stereocenters. The van der Waals surface area contributed by atoms with Gasteiger partial charge in [0.25, 0.3) is 0 Å². The minimum absolute atomic E-state index is 0.117. The van der Waals surface area contributed by atoms with Gasteiger partial charge in [-0.3, -0.25) is 15.0 Å². The predicted octanol–water partition coefficient (Wildman–Crippen LogP) is 3.65. The smallest absolute Gasteiger partial charge is 0.221 e. The molecule has 1 heterocycles. The summed E-state index contributed by atoms with van der Waals surface area (Å²) in [5.41, 5.74) is 1.61. The van der Waals surface area contributed by atoms with Gasteiger partial charge in [-0.15, -0.1) is 0 Å². The Labute approximate surface area is 132 Å². The number of rotatable bonds is 2. The molecule has 22 heavy (non-hydrogen) atoms. The third-order valence-electron chi connectivity index (χ3n) is 3.44. The van der Waals surface area contributed by atoms with Crippen LogP contribution >= 0.6 is 11.6 Å². The van der Waals surface area contributed by atoms with Crippen molar-refractivity contribution in [3.8, 4) is 0 Å². The molecular weight excluding hydrogens is 302 g/mol. The minimum Gasteiger partial charge on any atom is -0.326 e. The van der Waals surface area contributed by atoms with Gasteiger partial charge < -0.3 is 5.32 Å². The highest BCUT2D eigenvalue weighted by Gasteiger charge is 2.22. The summed E-state index contributed by atoms with van der Waals surface area (Å²) in [6.07, 6.45) is 3.01. The molecule has 2 aromatic rings. The van der Waals surface area contributed by atoms with Crippen LogP contribution in [0.15, 0.2) is 52.7 Å². The van der Waals surface area contributed by atoms with Crippen LogP contribution in [0.1, 0.15) is 18.5 Å². The Bertz CT molecular complexity index is 801. The number of nitrogens with zero attached hydrogens (tertiary/aromatic N) is 2. The number of hydrogen-bond acceptors (Lipinski definition) is 4. The number of fused-ring (bicyclic) bond motifs is 1. The molecule has 1 amide bonds. The summed E-state index contributed by atoms with van der Waals surface area (Å²) >= 11 is 5.92. The lowest BCUT2D eigenvalue weighted by molar-refractivity contribution is -0.114. The second kappa shape index (κ2) is 5.79. The van der Waals surface area contributed by atoms with Crippen molar-refractivity contribution in [1.29, 1.82) is 0 Å². The van der Waals surface area contributed by atoms with Gasteiger partial charge in [0.2, 0.25) is 5.91 Å². The molecule has 1 aliphatic heterocycles. The molecule has 0 fully saturated rings. The van der Waals surface area contributed by atoms with E-state index in [1.807, 2.05) is 36.4 Å². The van der Waals surface area contributed by atoms with E-state index >= 15 is 0 Å². The minimum atomic E-state index is -0.451. The van der Waals surface area contributed by atoms with Crippen LogP contribution in [0.2, 0.25) is 0 Å². The van der Waals surface area contributed by atoms with Gasteiger partial charge in [-0.1, -0.05) is 35.9 Å². The van der Waals surface area contributed by atoms with Gasteiger partial charge in [0.05, 0.1) is 6.20 Å². The lowest BCUT2D eigenvalue weighted by atomic mass is 9.98. The highest BCUT2D eigenvalue weighted by Crippen LogP contribution is 2.32. The van der Waals surface area contributed by atoms with Crippen molar-refractivity contribution in [3.05, 3.63) is 53.3 Å². The van der Waals surface area contributed by atoms with Crippen molar-refractivity contribution in [2.24, 2.45) is 4.99 Å². The number of carbonyl (C=O) groups excluding carboxylic acids is 1. The van der Waals surface area contributed by atoms with Crippen molar-refractivity contribution in [3.63, 3.8) is 0 Å². The predicted molar refractivity (Wildman–Crippen MR) is 87.0 cm³/mol. The van der Waals surface area contributed by atoms with Crippen molar-refractivity contribution >= 4 is 40.2 Å². The average Bonchev–Trinajstić information content (AvgIpc) is 2.49. The molecule has 2 aromatic carbocycles. The van der Waals surface area contributed by atoms with E-state index in [1.165, 1.54) is 13.1 Å². The highest BCUT2D eigenvalue weighted by molar-refractivity contribution is 6.29. The first kappa shape index (κ1) is 14.6. The second-order valence-electron chi connectivity index (χ2n) is 5.00. The number of benzene rings is 2. The van der Waals surface area contributed by atoms with Crippen LogP contribution in [0.25, 0.3) is 10.8 Å². The Kier molecular flexibility index (Phi) is 3.83. The number of hydroxylamine groups is 2. The van der Waals surface area contributed by atoms with Crippen molar-refractivity contribution < 1.29 is 10.0 Å². The maximum absolute atomic E-state index is 11.2. The van der Waals surface area contributed by atoms with E-state index in [2.05, 4.69) is 10.3 Å². The van der Waals surface area contributed by atoms with Crippen LogP contribution in [0, 0.1) is 0 Å². The molecule has 0 bridgehead atoms. The molecular formula is C16H14ClN3O2. The summed E-state index contributed by atoms with van der Waals surface area (Å²) < 4.78 is 0. The standard InChI is InChI=1S/C16H14ClN3O2/c1-10(21)19-12-5-6-13-11(7-12)3-2-4-14(13)15-8-18-9-16(17)20(15)22/h2-9,15,22H,1H3,(H,19,21). The van der Waals surface area contributed by atoms with Crippen molar-refractivity contribution in [1.82, 2.24) is 5.06 Å². The average molecular weight is 316 g/mol. The van der Waals surface area contributed by atoms with E-state index in [1.54, 1.807) is 6.21 Å². The Balaban J connectivity index is 2.06. The van der Waals surface area contributed by atoms with Gasteiger partial charge in [-0.25, -0.2) is 5.06 Å². The summed E-state index contributed by atoms with van der Waals surface area (Å²) in [6.45, 7) is 1.47. The fourth-order valence-corrected chi connectivity index (χ4v) is 2.66. The first-order valence-corrected chi connectivity index (χ1v) is 7.11. The summed E-state index contributed by atoms with van der Waals surface area (Å²) in [5, 5.41) is 15.9. The van der Waals surface area contributed by atoms with E-state index < -0.39 is 6.04 Å². The Morgan fingerprint density at radius 2 is 2.18 bits per heavy atom. The molecule has 0 spiro atoms. The first-order chi connectivity index (χ1) is 10.6. The van der Waals surface area contributed by atoms with Gasteiger partial charge in [-0.2, -0.15) is 0 Å². The maximum Gasteiger partial charge on any atom is 0.221 e. The van der Waals surface area contributed by atoms with Gasteiger partial charge in [0, 0.05) is 18.8 Å². The van der Waals surface area contributed by atoms with Crippen LogP contribution < -0.4 is 5.32 Å². The second-order valence-corrected chi connectivity index (χ2v) is 5.39. The van der Waals surface area contributed by atoms with Gasteiger partial charge in [0.15, 0.2) is 0 Å². The van der Waals surface area contributed by atoms with E-state index in [0.717, 1.165) is 27.1 Å². The zero-order valence-corrected chi connectivity index (χ0v) is 12.6. The topological polar surface area (TPSA) is 64.9 Å². The molecule has 1 unspecified atom stereocenters. The van der Waals surface area contributed by atoms with Crippen LogP contribution in [0.3, 0.4) is 0 Å². The summed E-state index contributed by atoms with van der Waals surface area (Å²) in [5.74, 6) is -0.117. The van der Waals surface area contributed by atoms with E-state index in [9.17, 15) is 10.0 Å². The molecule has 6 heteroatoms. The number of nitrogens with one attached hydrogen (secondary N) is 1. The summed E-state index contributed by atoms with van der Waals surface area (Å²) in [6, 6.07) is 10.9. The molecule has 0 saturated heterocycles. The number of aliphatic imine (C=N–C) groups is 1. The Morgan fingerprint density at radius 1 is 1.36 bits per heavy atom. The lowest BCUT2D eigenvalue weighted by Crippen LogP contribution is -2.26. The fourth-order valence-electron chi connectivity index (χ4n) is 2.50. The quantitative estimate of drug-likeness (QED) is 0.831. The first-order valence-electron chi connectivity index (χ1n) is 6.73. The van der Waals surface area contributed by atoms with Gasteiger partial charge in [-0.05, 0) is 28.5 Å².